The Balaban J connectivity index is 2.07. The van der Waals surface area contributed by atoms with Gasteiger partial charge in [0.2, 0.25) is 10.3 Å². The van der Waals surface area contributed by atoms with Crippen molar-refractivity contribution in [2.45, 2.75) is 48.6 Å². The third-order valence-electron chi connectivity index (χ3n) is 5.51. The highest BCUT2D eigenvalue weighted by molar-refractivity contribution is 7.92. The van der Waals surface area contributed by atoms with Crippen LogP contribution in [-0.4, -0.2) is 33.2 Å². The molecule has 2 atom stereocenters. The van der Waals surface area contributed by atoms with E-state index in [-0.39, 0.29) is 35.2 Å². The lowest BCUT2D eigenvalue weighted by molar-refractivity contribution is -0.137. The molecule has 2 aromatic rings. The number of hydrogen-bond acceptors (Lipinski definition) is 5. The zero-order valence-corrected chi connectivity index (χ0v) is 18.1. The van der Waals surface area contributed by atoms with Gasteiger partial charge < -0.3 is 9.72 Å². The highest BCUT2D eigenvalue weighted by atomic mass is 32.2. The van der Waals surface area contributed by atoms with E-state index in [9.17, 15) is 34.4 Å². The number of ether oxygens (including phenoxy) is 1. The van der Waals surface area contributed by atoms with Gasteiger partial charge in [0.1, 0.15) is 5.82 Å². The van der Waals surface area contributed by atoms with E-state index in [1.807, 2.05) is 0 Å². The fourth-order valence-electron chi connectivity index (χ4n) is 3.71. The molecule has 170 valence electrons. The van der Waals surface area contributed by atoms with Gasteiger partial charge in [0, 0.05) is 18.4 Å². The van der Waals surface area contributed by atoms with Crippen molar-refractivity contribution >= 4 is 20.1 Å². The summed E-state index contributed by atoms with van der Waals surface area (Å²) >= 11 is 0. The van der Waals surface area contributed by atoms with Crippen LogP contribution in [0.15, 0.2) is 35.4 Å². The molecule has 2 unspecified atom stereocenters. The summed E-state index contributed by atoms with van der Waals surface area (Å²) in [4.78, 5) is 1.82. The summed E-state index contributed by atoms with van der Waals surface area (Å²) in [5.41, 5.74) is -1.16. The Bertz CT molecular complexity index is 1290. The van der Waals surface area contributed by atoms with Gasteiger partial charge >= 0.3 is 6.18 Å². The second-order valence-electron chi connectivity index (χ2n) is 7.53. The smallest absolute Gasteiger partial charge is 0.373 e. The fraction of sp³-hybridized carbons (Fsp3) is 0.421. The van der Waals surface area contributed by atoms with Crippen LogP contribution in [0, 0.1) is 17.4 Å². The maximum absolute atomic E-state index is 14.5. The van der Waals surface area contributed by atoms with Crippen LogP contribution in [0.1, 0.15) is 42.6 Å². The van der Waals surface area contributed by atoms with Gasteiger partial charge in [-0.1, -0.05) is 6.07 Å². The van der Waals surface area contributed by atoms with Gasteiger partial charge in [-0.05, 0) is 50.5 Å². The van der Waals surface area contributed by atoms with Gasteiger partial charge in [-0.15, -0.1) is 0 Å². The Hall–Kier alpha value is -2.18. The molecule has 1 N–H and O–H groups in total. The molecule has 1 aromatic heterocycles. The predicted molar refractivity (Wildman–Crippen MR) is 103 cm³/mol. The first kappa shape index (κ1) is 23.5. The summed E-state index contributed by atoms with van der Waals surface area (Å²) in [6.07, 6.45) is -5.27. The number of pyridine rings is 1. The van der Waals surface area contributed by atoms with Gasteiger partial charge in [-0.25, -0.2) is 12.8 Å². The van der Waals surface area contributed by atoms with Crippen molar-refractivity contribution < 1.29 is 39.1 Å². The van der Waals surface area contributed by atoms with Gasteiger partial charge in [-0.2, -0.15) is 21.6 Å². The van der Waals surface area contributed by atoms with Gasteiger partial charge in [0.25, 0.3) is 0 Å². The number of aromatic amines is 1. The highest BCUT2D eigenvalue weighted by Gasteiger charge is 2.46. The van der Waals surface area contributed by atoms with E-state index in [0.29, 0.717) is 6.07 Å². The van der Waals surface area contributed by atoms with E-state index in [2.05, 4.69) is 4.98 Å². The zero-order chi connectivity index (χ0) is 23.2. The van der Waals surface area contributed by atoms with Crippen LogP contribution in [0.25, 0.3) is 0 Å². The number of alkyl halides is 3. The second kappa shape index (κ2) is 8.06. The minimum absolute atomic E-state index is 0.0257. The van der Waals surface area contributed by atoms with E-state index >= 15 is 0 Å². The SMILES string of the molecule is Cc1c(C2CC(C)(S(=O)(=O)c3cccc(C(F)(F)F)c3)CCO2)c(F)c[nH]c1=S(=O)=O. The van der Waals surface area contributed by atoms with Crippen molar-refractivity contribution in [2.24, 2.45) is 0 Å². The molecule has 1 aliphatic rings. The molecule has 0 spiro atoms. The summed E-state index contributed by atoms with van der Waals surface area (Å²) in [6.45, 7) is 2.62. The number of rotatable bonds is 3. The Morgan fingerprint density at radius 3 is 2.55 bits per heavy atom. The summed E-state index contributed by atoms with van der Waals surface area (Å²) in [5, 5.41) is 0. The second-order valence-corrected chi connectivity index (χ2v) is 10.9. The average molecular weight is 481 g/mol. The topological polar surface area (TPSA) is 93.3 Å². The van der Waals surface area contributed by atoms with Crippen LogP contribution in [0.4, 0.5) is 17.6 Å². The van der Waals surface area contributed by atoms with Crippen LogP contribution in [-0.2, 0) is 31.0 Å². The molecule has 0 amide bonds. The standard InChI is InChI=1S/C19H19F4NO5S2/c1-11-16(14(20)10-24-17(11)30(25)26)15-9-18(2,6-7-29-15)31(27,28)13-5-3-4-12(8-13)19(21,22)23/h3-5,8,10,15,24H,6-7,9H2,1-2H3. The normalized spacial score (nSPS) is 22.3. The zero-order valence-electron chi connectivity index (χ0n) is 16.5. The van der Waals surface area contributed by atoms with Gasteiger partial charge in [-0.3, -0.25) is 0 Å². The van der Waals surface area contributed by atoms with Crippen molar-refractivity contribution in [3.8, 4) is 0 Å². The molecule has 1 aromatic carbocycles. The largest absolute Gasteiger partial charge is 0.416 e. The average Bonchev–Trinajstić information content (AvgIpc) is 2.67. The quantitative estimate of drug-likeness (QED) is 0.529. The number of sulfone groups is 1. The summed E-state index contributed by atoms with van der Waals surface area (Å²) in [6, 6.07) is 3.45. The lowest BCUT2D eigenvalue weighted by atomic mass is 9.91. The van der Waals surface area contributed by atoms with Crippen LogP contribution < -0.4 is 0 Å². The van der Waals surface area contributed by atoms with E-state index in [4.69, 9.17) is 4.74 Å². The van der Waals surface area contributed by atoms with Gasteiger partial charge in [0.05, 0.1) is 21.3 Å². The number of benzene rings is 1. The number of hydrogen-bond donors (Lipinski definition) is 1. The molecule has 12 heteroatoms. The van der Waals surface area contributed by atoms with E-state index in [1.165, 1.54) is 13.8 Å². The molecule has 1 saturated heterocycles. The van der Waals surface area contributed by atoms with Crippen LogP contribution in [0.2, 0.25) is 0 Å². The molecular weight excluding hydrogens is 462 g/mol. The van der Waals surface area contributed by atoms with Crippen LogP contribution in [0.5, 0.6) is 0 Å². The minimum atomic E-state index is -4.71. The first-order valence-electron chi connectivity index (χ1n) is 9.11. The predicted octanol–water partition coefficient (Wildman–Crippen LogP) is 3.98. The van der Waals surface area contributed by atoms with E-state index in [1.54, 1.807) is 0 Å². The van der Waals surface area contributed by atoms with Gasteiger partial charge in [0.15, 0.2) is 14.5 Å². The van der Waals surface area contributed by atoms with Crippen molar-refractivity contribution in [2.75, 3.05) is 6.61 Å². The maximum Gasteiger partial charge on any atom is 0.416 e. The lowest BCUT2D eigenvalue weighted by Crippen LogP contribution is -2.42. The Labute approximate surface area is 177 Å². The molecule has 0 radical (unpaired) electrons. The summed E-state index contributed by atoms with van der Waals surface area (Å²) < 4.78 is 107. The Morgan fingerprint density at radius 2 is 1.94 bits per heavy atom. The molecule has 0 bridgehead atoms. The third-order valence-corrected chi connectivity index (χ3v) is 8.81. The maximum atomic E-state index is 14.5. The minimum Gasteiger partial charge on any atom is -0.373 e. The van der Waals surface area contributed by atoms with Crippen LogP contribution >= 0.6 is 0 Å². The summed E-state index contributed by atoms with van der Waals surface area (Å²) in [7, 11) is -6.96. The molecule has 31 heavy (non-hydrogen) atoms. The number of aromatic nitrogens is 1. The molecule has 1 fully saturated rings. The number of nitrogens with one attached hydrogen (secondary N) is 1. The number of halogens is 4. The third kappa shape index (κ3) is 4.28. The highest BCUT2D eigenvalue weighted by Crippen LogP contribution is 2.43. The first-order valence-corrected chi connectivity index (χ1v) is 11.7. The Kier molecular flexibility index (Phi) is 6.11. The molecule has 3 rings (SSSR count). The van der Waals surface area contributed by atoms with Crippen LogP contribution in [0.3, 0.4) is 0 Å². The molecule has 2 heterocycles. The van der Waals surface area contributed by atoms with E-state index in [0.717, 1.165) is 24.4 Å². The van der Waals surface area contributed by atoms with Crippen molar-refractivity contribution in [1.82, 2.24) is 4.98 Å². The van der Waals surface area contributed by atoms with Crippen molar-refractivity contribution in [1.29, 1.82) is 0 Å². The molecule has 0 aliphatic carbocycles. The van der Waals surface area contributed by atoms with E-state index < -0.39 is 53.4 Å². The van der Waals surface area contributed by atoms with Crippen molar-refractivity contribution in [3.63, 3.8) is 0 Å². The summed E-state index contributed by atoms with van der Waals surface area (Å²) in [5.74, 6) is -0.808. The Morgan fingerprint density at radius 1 is 1.26 bits per heavy atom. The first-order chi connectivity index (χ1) is 14.3. The fourth-order valence-corrected chi connectivity index (χ4v) is 6.06. The molecule has 0 saturated carbocycles. The molecule has 1 aliphatic heterocycles. The monoisotopic (exact) mass is 481 g/mol. The number of H-pyrrole nitrogens is 1. The van der Waals surface area contributed by atoms with Crippen molar-refractivity contribution in [3.05, 3.63) is 57.6 Å². The lowest BCUT2D eigenvalue weighted by Gasteiger charge is -2.38. The molecular formula is C19H19F4NO5S2. The molecule has 6 nitrogen and oxygen atoms in total.